The predicted octanol–water partition coefficient (Wildman–Crippen LogP) is 2.21. The molecule has 0 bridgehead atoms. The molecule has 0 saturated heterocycles. The minimum Gasteiger partial charge on any atom is -0.456 e. The topological polar surface area (TPSA) is 106 Å². The summed E-state index contributed by atoms with van der Waals surface area (Å²) in [4.78, 5) is 37.7. The lowest BCUT2D eigenvalue weighted by Crippen LogP contribution is -2.51. The molecule has 0 radical (unpaired) electrons. The van der Waals surface area contributed by atoms with Crippen LogP contribution in [-0.2, 0) is 20.9 Å². The summed E-state index contributed by atoms with van der Waals surface area (Å²) in [5, 5.41) is 9.55. The zero-order chi connectivity index (χ0) is 20.1. The molecule has 0 atom stereocenters. The average molecular weight is 385 g/mol. The Morgan fingerprint density at radius 2 is 2.00 bits per heavy atom. The number of oxazole rings is 1. The van der Waals surface area contributed by atoms with Crippen molar-refractivity contribution in [3.8, 4) is 6.07 Å². The molecular formula is C20H23N3O5. The first-order chi connectivity index (χ1) is 13.5. The molecule has 0 N–H and O–H groups in total. The van der Waals surface area contributed by atoms with E-state index in [2.05, 4.69) is 6.07 Å². The molecule has 8 heteroatoms. The van der Waals surface area contributed by atoms with Gasteiger partial charge in [-0.25, -0.2) is 4.79 Å². The molecule has 3 rings (SSSR count). The maximum Gasteiger partial charge on any atom is 0.419 e. The molecule has 0 unspecified atom stereocenters. The molecule has 1 aliphatic rings. The van der Waals surface area contributed by atoms with Crippen LogP contribution in [0.1, 0.15) is 38.5 Å². The molecule has 1 heterocycles. The maximum atomic E-state index is 12.4. The van der Waals surface area contributed by atoms with E-state index in [1.54, 1.807) is 31.3 Å². The van der Waals surface area contributed by atoms with Gasteiger partial charge in [0.15, 0.2) is 12.2 Å². The zero-order valence-corrected chi connectivity index (χ0v) is 15.8. The predicted molar refractivity (Wildman–Crippen MR) is 100 cm³/mol. The molecule has 1 amide bonds. The van der Waals surface area contributed by atoms with Crippen molar-refractivity contribution in [1.82, 2.24) is 9.47 Å². The van der Waals surface area contributed by atoms with Crippen molar-refractivity contribution in [2.75, 3.05) is 13.7 Å². The fourth-order valence-electron chi connectivity index (χ4n) is 3.64. The van der Waals surface area contributed by atoms with E-state index in [0.717, 1.165) is 19.3 Å². The average Bonchev–Trinajstić information content (AvgIpc) is 3.05. The summed E-state index contributed by atoms with van der Waals surface area (Å²) in [6.45, 7) is -0.319. The van der Waals surface area contributed by atoms with Crippen molar-refractivity contribution in [3.05, 3.63) is 34.8 Å². The molecule has 148 valence electrons. The van der Waals surface area contributed by atoms with Gasteiger partial charge in [-0.3, -0.25) is 14.2 Å². The Labute approximate surface area is 162 Å². The molecule has 0 aliphatic heterocycles. The van der Waals surface area contributed by atoms with Crippen LogP contribution in [0.2, 0.25) is 0 Å². The summed E-state index contributed by atoms with van der Waals surface area (Å²) >= 11 is 0. The van der Waals surface area contributed by atoms with Crippen LogP contribution in [-0.4, -0.2) is 40.5 Å². The lowest BCUT2D eigenvalue weighted by molar-refractivity contribution is -0.153. The summed E-state index contributed by atoms with van der Waals surface area (Å²) in [6, 6.07) is 9.21. The van der Waals surface area contributed by atoms with E-state index in [0.29, 0.717) is 23.9 Å². The van der Waals surface area contributed by atoms with Gasteiger partial charge in [0.05, 0.1) is 18.0 Å². The van der Waals surface area contributed by atoms with Crippen LogP contribution in [0.5, 0.6) is 0 Å². The van der Waals surface area contributed by atoms with Gasteiger partial charge in [-0.2, -0.15) is 5.26 Å². The fraction of sp³-hybridized carbons (Fsp3) is 0.500. The first-order valence-electron chi connectivity index (χ1n) is 9.39. The summed E-state index contributed by atoms with van der Waals surface area (Å²) in [6.07, 6.45) is 4.06. The number of esters is 1. The minimum atomic E-state index is -0.815. The van der Waals surface area contributed by atoms with Crippen LogP contribution in [0.3, 0.4) is 0 Å². The van der Waals surface area contributed by atoms with Gasteiger partial charge >= 0.3 is 11.7 Å². The number of rotatable bonds is 6. The Morgan fingerprint density at radius 3 is 2.71 bits per heavy atom. The Hall–Kier alpha value is -3.08. The lowest BCUT2D eigenvalue weighted by Gasteiger charge is -2.38. The van der Waals surface area contributed by atoms with Crippen molar-refractivity contribution < 1.29 is 18.7 Å². The van der Waals surface area contributed by atoms with Gasteiger partial charge in [0.2, 0.25) is 0 Å². The third-order valence-electron chi connectivity index (χ3n) is 5.37. The van der Waals surface area contributed by atoms with E-state index < -0.39 is 29.8 Å². The van der Waals surface area contributed by atoms with Crippen molar-refractivity contribution in [3.63, 3.8) is 0 Å². The second-order valence-corrected chi connectivity index (χ2v) is 7.05. The maximum absolute atomic E-state index is 12.4. The highest BCUT2D eigenvalue weighted by Crippen LogP contribution is 2.32. The van der Waals surface area contributed by atoms with Gasteiger partial charge in [0.1, 0.15) is 5.54 Å². The number of hydrogen-bond acceptors (Lipinski definition) is 6. The smallest absolute Gasteiger partial charge is 0.419 e. The number of amides is 1. The largest absolute Gasteiger partial charge is 0.456 e. The van der Waals surface area contributed by atoms with Crippen LogP contribution in [0.25, 0.3) is 11.1 Å². The summed E-state index contributed by atoms with van der Waals surface area (Å²) < 4.78 is 11.5. The van der Waals surface area contributed by atoms with Gasteiger partial charge in [-0.15, -0.1) is 0 Å². The number of ether oxygens (including phenoxy) is 1. The quantitative estimate of drug-likeness (QED) is 0.706. The number of aryl methyl sites for hydroxylation is 1. The van der Waals surface area contributed by atoms with E-state index in [-0.39, 0.29) is 13.0 Å². The summed E-state index contributed by atoms with van der Waals surface area (Å²) in [5.74, 6) is -1.53. The Balaban J connectivity index is 1.54. The van der Waals surface area contributed by atoms with E-state index >= 15 is 0 Å². The molecule has 1 fully saturated rings. The van der Waals surface area contributed by atoms with Crippen molar-refractivity contribution in [1.29, 1.82) is 5.26 Å². The number of carbonyl (C=O) groups excluding carboxylic acids is 2. The molecule has 1 aromatic heterocycles. The monoisotopic (exact) mass is 385 g/mol. The molecular weight excluding hydrogens is 362 g/mol. The van der Waals surface area contributed by atoms with Crippen molar-refractivity contribution >= 4 is 23.0 Å². The third kappa shape index (κ3) is 3.93. The van der Waals surface area contributed by atoms with Gasteiger partial charge < -0.3 is 14.1 Å². The van der Waals surface area contributed by atoms with Crippen LogP contribution in [0, 0.1) is 11.3 Å². The normalized spacial score (nSPS) is 15.7. The van der Waals surface area contributed by atoms with Gasteiger partial charge in [0, 0.05) is 13.6 Å². The van der Waals surface area contributed by atoms with E-state index in [9.17, 15) is 19.6 Å². The van der Waals surface area contributed by atoms with Gasteiger partial charge in [-0.05, 0) is 25.0 Å². The molecule has 1 saturated carbocycles. The molecule has 28 heavy (non-hydrogen) atoms. The number of nitrogens with zero attached hydrogens (tertiary/aromatic N) is 3. The number of fused-ring (bicyclic) bond motifs is 1. The number of nitriles is 1. The summed E-state index contributed by atoms with van der Waals surface area (Å²) in [7, 11) is 1.59. The number of benzene rings is 1. The van der Waals surface area contributed by atoms with Gasteiger partial charge in [-0.1, -0.05) is 31.4 Å². The highest BCUT2D eigenvalue weighted by molar-refractivity contribution is 5.81. The van der Waals surface area contributed by atoms with Crippen LogP contribution in [0.15, 0.2) is 33.5 Å². The van der Waals surface area contributed by atoms with Crippen LogP contribution < -0.4 is 5.76 Å². The zero-order valence-electron chi connectivity index (χ0n) is 15.8. The number of likely N-dealkylation sites (N-methyl/N-ethyl adjacent to an activating group) is 1. The Morgan fingerprint density at radius 1 is 1.29 bits per heavy atom. The molecule has 1 aliphatic carbocycles. The van der Waals surface area contributed by atoms with Crippen LogP contribution >= 0.6 is 0 Å². The lowest BCUT2D eigenvalue weighted by atomic mass is 9.81. The molecule has 1 aromatic carbocycles. The molecule has 2 aromatic rings. The third-order valence-corrected chi connectivity index (χ3v) is 5.37. The molecule has 8 nitrogen and oxygen atoms in total. The Bertz CT molecular complexity index is 962. The second-order valence-electron chi connectivity index (χ2n) is 7.05. The SMILES string of the molecule is CN(C(=O)COC(=O)CCn1c(=O)oc2ccccc21)C1(C#N)CCCCC1. The highest BCUT2D eigenvalue weighted by Gasteiger charge is 2.38. The van der Waals surface area contributed by atoms with Crippen LogP contribution in [0.4, 0.5) is 0 Å². The van der Waals surface area contributed by atoms with E-state index in [1.807, 2.05) is 0 Å². The Kier molecular flexibility index (Phi) is 5.83. The van der Waals surface area contributed by atoms with Crippen molar-refractivity contribution in [2.24, 2.45) is 0 Å². The first-order valence-corrected chi connectivity index (χ1v) is 9.39. The molecule has 0 spiro atoms. The minimum absolute atomic E-state index is 0.0657. The van der Waals surface area contributed by atoms with E-state index in [4.69, 9.17) is 9.15 Å². The van der Waals surface area contributed by atoms with Gasteiger partial charge in [0.25, 0.3) is 5.91 Å². The number of para-hydroxylation sites is 2. The number of carbonyl (C=O) groups is 2. The second kappa shape index (κ2) is 8.30. The fourth-order valence-corrected chi connectivity index (χ4v) is 3.64. The van der Waals surface area contributed by atoms with Crippen molar-refractivity contribution in [2.45, 2.75) is 50.6 Å². The number of hydrogen-bond donors (Lipinski definition) is 0. The first kappa shape index (κ1) is 19.7. The summed E-state index contributed by atoms with van der Waals surface area (Å²) in [5.41, 5.74) is 0.237. The van der Waals surface area contributed by atoms with E-state index in [1.165, 1.54) is 9.47 Å². The number of aromatic nitrogens is 1. The standard InChI is InChI=1S/C20H23N3O5/c1-22(20(14-21)10-5-2-6-11-20)17(24)13-27-18(25)9-12-23-15-7-3-4-8-16(15)28-19(23)26/h3-4,7-8H,2,5-6,9-13H2,1H3. The highest BCUT2D eigenvalue weighted by atomic mass is 16.5.